The summed E-state index contributed by atoms with van der Waals surface area (Å²) in [4.78, 5) is 12.6. The SMILES string of the molecule is CC.CC/C=C/c1ccc(-c2ncccn2)c(N)n1. The highest BCUT2D eigenvalue weighted by Crippen LogP contribution is 2.20. The Kier molecular flexibility index (Phi) is 6.22. The first kappa shape index (κ1) is 14.8. The van der Waals surface area contributed by atoms with Gasteiger partial charge in [0.2, 0.25) is 0 Å². The normalized spacial score (nSPS) is 10.1. The van der Waals surface area contributed by atoms with E-state index in [1.807, 2.05) is 38.1 Å². The van der Waals surface area contributed by atoms with E-state index in [0.717, 1.165) is 17.7 Å². The van der Waals surface area contributed by atoms with Crippen molar-refractivity contribution in [2.45, 2.75) is 27.2 Å². The van der Waals surface area contributed by atoms with Gasteiger partial charge in [-0.25, -0.2) is 15.0 Å². The van der Waals surface area contributed by atoms with Crippen molar-refractivity contribution in [3.05, 3.63) is 42.4 Å². The minimum Gasteiger partial charge on any atom is -0.383 e. The Labute approximate surface area is 114 Å². The summed E-state index contributed by atoms with van der Waals surface area (Å²) in [5, 5.41) is 0. The van der Waals surface area contributed by atoms with Crippen molar-refractivity contribution >= 4 is 11.9 Å². The monoisotopic (exact) mass is 256 g/mol. The van der Waals surface area contributed by atoms with E-state index in [4.69, 9.17) is 5.73 Å². The number of allylic oxidation sites excluding steroid dienone is 1. The maximum atomic E-state index is 5.90. The predicted octanol–water partition coefficient (Wildman–Crippen LogP) is 3.57. The van der Waals surface area contributed by atoms with Gasteiger partial charge in [0.25, 0.3) is 0 Å². The fourth-order valence-corrected chi connectivity index (χ4v) is 1.45. The molecule has 0 unspecified atom stereocenters. The summed E-state index contributed by atoms with van der Waals surface area (Å²) < 4.78 is 0. The first-order chi connectivity index (χ1) is 9.31. The predicted molar refractivity (Wildman–Crippen MR) is 80.3 cm³/mol. The Bertz CT molecular complexity index is 521. The molecule has 0 atom stereocenters. The van der Waals surface area contributed by atoms with Crippen LogP contribution in [0.4, 0.5) is 5.82 Å². The first-order valence-corrected chi connectivity index (χ1v) is 6.51. The van der Waals surface area contributed by atoms with Crippen molar-refractivity contribution in [1.82, 2.24) is 15.0 Å². The molecule has 0 aliphatic heterocycles. The topological polar surface area (TPSA) is 64.7 Å². The molecule has 4 heteroatoms. The van der Waals surface area contributed by atoms with E-state index >= 15 is 0 Å². The third-order valence-corrected chi connectivity index (χ3v) is 2.28. The molecular formula is C15H20N4. The van der Waals surface area contributed by atoms with Crippen LogP contribution in [0.1, 0.15) is 32.9 Å². The number of hydrogen-bond donors (Lipinski definition) is 1. The van der Waals surface area contributed by atoms with Crippen molar-refractivity contribution in [3.8, 4) is 11.4 Å². The molecule has 0 amide bonds. The Balaban J connectivity index is 0.000000861. The molecule has 100 valence electrons. The van der Waals surface area contributed by atoms with Gasteiger partial charge < -0.3 is 5.73 Å². The Morgan fingerprint density at radius 1 is 1.16 bits per heavy atom. The average Bonchev–Trinajstić information content (AvgIpc) is 2.48. The Morgan fingerprint density at radius 3 is 2.42 bits per heavy atom. The first-order valence-electron chi connectivity index (χ1n) is 6.51. The quantitative estimate of drug-likeness (QED) is 0.911. The summed E-state index contributed by atoms with van der Waals surface area (Å²) in [6.07, 6.45) is 8.34. The van der Waals surface area contributed by atoms with Crippen LogP contribution in [-0.4, -0.2) is 15.0 Å². The van der Waals surface area contributed by atoms with Gasteiger partial charge in [-0.05, 0) is 30.7 Å². The molecule has 0 aliphatic carbocycles. The van der Waals surface area contributed by atoms with E-state index in [1.165, 1.54) is 0 Å². The van der Waals surface area contributed by atoms with E-state index in [9.17, 15) is 0 Å². The number of anilines is 1. The molecule has 4 nitrogen and oxygen atoms in total. The lowest BCUT2D eigenvalue weighted by atomic mass is 10.2. The van der Waals surface area contributed by atoms with Crippen LogP contribution in [0, 0.1) is 0 Å². The van der Waals surface area contributed by atoms with Crippen LogP contribution < -0.4 is 5.73 Å². The van der Waals surface area contributed by atoms with Crippen LogP contribution in [0.5, 0.6) is 0 Å². The van der Waals surface area contributed by atoms with Crippen LogP contribution in [0.2, 0.25) is 0 Å². The largest absolute Gasteiger partial charge is 0.383 e. The second-order valence-electron chi connectivity index (χ2n) is 3.55. The van der Waals surface area contributed by atoms with Crippen molar-refractivity contribution < 1.29 is 0 Å². The highest BCUT2D eigenvalue weighted by atomic mass is 14.9. The lowest BCUT2D eigenvalue weighted by Crippen LogP contribution is -1.98. The third-order valence-electron chi connectivity index (χ3n) is 2.28. The summed E-state index contributed by atoms with van der Waals surface area (Å²) in [5.74, 6) is 1.05. The van der Waals surface area contributed by atoms with Gasteiger partial charge in [0.15, 0.2) is 5.82 Å². The molecule has 0 saturated carbocycles. The van der Waals surface area contributed by atoms with Gasteiger partial charge in [0.1, 0.15) is 5.82 Å². The van der Waals surface area contributed by atoms with E-state index in [-0.39, 0.29) is 0 Å². The number of pyridine rings is 1. The van der Waals surface area contributed by atoms with Gasteiger partial charge >= 0.3 is 0 Å². The van der Waals surface area contributed by atoms with E-state index in [1.54, 1.807) is 18.5 Å². The fraction of sp³-hybridized carbons (Fsp3) is 0.267. The molecule has 0 saturated heterocycles. The second kappa shape index (κ2) is 7.97. The standard InChI is InChI=1S/C13H14N4.C2H6/c1-2-3-5-10-6-7-11(12(14)17-10)13-15-8-4-9-16-13;1-2/h3-9H,2H2,1H3,(H2,14,17);1-2H3/b5-3+;. The van der Waals surface area contributed by atoms with Crippen molar-refractivity contribution in [2.24, 2.45) is 0 Å². The van der Waals surface area contributed by atoms with Gasteiger partial charge in [-0.3, -0.25) is 0 Å². The Hall–Kier alpha value is -2.23. The zero-order valence-corrected chi connectivity index (χ0v) is 11.7. The van der Waals surface area contributed by atoms with E-state index in [2.05, 4.69) is 21.9 Å². The minimum atomic E-state index is 0.453. The second-order valence-corrected chi connectivity index (χ2v) is 3.55. The zero-order chi connectivity index (χ0) is 14.1. The average molecular weight is 256 g/mol. The van der Waals surface area contributed by atoms with Crippen LogP contribution in [0.25, 0.3) is 17.5 Å². The Morgan fingerprint density at radius 2 is 1.84 bits per heavy atom. The number of nitrogens with two attached hydrogens (primary N) is 1. The van der Waals surface area contributed by atoms with Crippen LogP contribution >= 0.6 is 0 Å². The van der Waals surface area contributed by atoms with Gasteiger partial charge in [-0.1, -0.05) is 26.8 Å². The molecule has 0 aliphatic rings. The lowest BCUT2D eigenvalue weighted by Gasteiger charge is -2.03. The highest BCUT2D eigenvalue weighted by molar-refractivity contribution is 5.69. The van der Waals surface area contributed by atoms with Gasteiger partial charge in [-0.15, -0.1) is 0 Å². The molecule has 0 bridgehead atoms. The lowest BCUT2D eigenvalue weighted by molar-refractivity contribution is 1.16. The van der Waals surface area contributed by atoms with E-state index in [0.29, 0.717) is 11.6 Å². The summed E-state index contributed by atoms with van der Waals surface area (Å²) in [6, 6.07) is 5.58. The maximum absolute atomic E-state index is 5.90. The van der Waals surface area contributed by atoms with Crippen molar-refractivity contribution in [1.29, 1.82) is 0 Å². The van der Waals surface area contributed by atoms with Crippen molar-refractivity contribution in [3.63, 3.8) is 0 Å². The fourth-order valence-electron chi connectivity index (χ4n) is 1.45. The van der Waals surface area contributed by atoms with Gasteiger partial charge in [0.05, 0.1) is 11.3 Å². The number of aromatic nitrogens is 3. The summed E-state index contributed by atoms with van der Waals surface area (Å²) in [7, 11) is 0. The van der Waals surface area contributed by atoms with Crippen LogP contribution in [-0.2, 0) is 0 Å². The minimum absolute atomic E-state index is 0.453. The summed E-state index contributed by atoms with van der Waals surface area (Å²) in [5.41, 5.74) is 7.51. The van der Waals surface area contributed by atoms with Crippen LogP contribution in [0.3, 0.4) is 0 Å². The van der Waals surface area contributed by atoms with Gasteiger partial charge in [-0.2, -0.15) is 0 Å². The number of nitrogen functional groups attached to an aromatic ring is 1. The molecule has 2 N–H and O–H groups in total. The molecule has 0 aromatic carbocycles. The molecule has 2 aromatic heterocycles. The smallest absolute Gasteiger partial charge is 0.162 e. The van der Waals surface area contributed by atoms with Gasteiger partial charge in [0, 0.05) is 12.4 Å². The molecule has 0 radical (unpaired) electrons. The molecule has 0 spiro atoms. The molecule has 2 heterocycles. The van der Waals surface area contributed by atoms with Crippen molar-refractivity contribution in [2.75, 3.05) is 5.73 Å². The summed E-state index contributed by atoms with van der Waals surface area (Å²) >= 11 is 0. The number of rotatable bonds is 3. The third kappa shape index (κ3) is 4.17. The molecule has 2 aromatic rings. The maximum Gasteiger partial charge on any atom is 0.162 e. The molecule has 19 heavy (non-hydrogen) atoms. The summed E-state index contributed by atoms with van der Waals surface area (Å²) in [6.45, 7) is 6.08. The molecule has 0 fully saturated rings. The molecular weight excluding hydrogens is 236 g/mol. The highest BCUT2D eigenvalue weighted by Gasteiger charge is 2.05. The molecule has 2 rings (SSSR count). The number of hydrogen-bond acceptors (Lipinski definition) is 4. The van der Waals surface area contributed by atoms with Crippen LogP contribution in [0.15, 0.2) is 36.7 Å². The zero-order valence-electron chi connectivity index (χ0n) is 11.7. The van der Waals surface area contributed by atoms with E-state index < -0.39 is 0 Å². The number of nitrogens with zero attached hydrogens (tertiary/aromatic N) is 3.